The highest BCUT2D eigenvalue weighted by molar-refractivity contribution is 5.97. The molecule has 3 atom stereocenters. The summed E-state index contributed by atoms with van der Waals surface area (Å²) in [6.45, 7) is 7.22. The lowest BCUT2D eigenvalue weighted by atomic mass is 10.1. The normalized spacial score (nSPS) is 24.6. The molecule has 1 aromatic heterocycles. The summed E-state index contributed by atoms with van der Waals surface area (Å²) in [7, 11) is 0. The minimum atomic E-state index is -0.656. The van der Waals surface area contributed by atoms with E-state index >= 15 is 0 Å². The molecule has 0 radical (unpaired) electrons. The quantitative estimate of drug-likeness (QED) is 0.651. The van der Waals surface area contributed by atoms with Crippen molar-refractivity contribution in [2.75, 3.05) is 26.3 Å². The number of fused-ring (bicyclic) bond motifs is 1. The van der Waals surface area contributed by atoms with E-state index in [-0.39, 0.29) is 29.8 Å². The van der Waals surface area contributed by atoms with E-state index in [1.54, 1.807) is 18.0 Å². The van der Waals surface area contributed by atoms with Gasteiger partial charge in [-0.15, -0.1) is 0 Å². The molecule has 0 unspecified atom stereocenters. The summed E-state index contributed by atoms with van der Waals surface area (Å²) >= 11 is 0. The predicted octanol–water partition coefficient (Wildman–Crippen LogP) is 3.03. The highest BCUT2D eigenvalue weighted by atomic mass is 16.7. The molecular weight excluding hydrogens is 384 g/mol. The topological polar surface area (TPSA) is 78.0 Å². The Morgan fingerprint density at radius 1 is 1.27 bits per heavy atom. The van der Waals surface area contributed by atoms with E-state index in [4.69, 9.17) is 14.2 Å². The van der Waals surface area contributed by atoms with Crippen molar-refractivity contribution in [1.29, 1.82) is 0 Å². The van der Waals surface area contributed by atoms with Crippen LogP contribution in [0.2, 0.25) is 0 Å². The average molecular weight is 412 g/mol. The number of benzene rings is 1. The van der Waals surface area contributed by atoms with Crippen LogP contribution in [0.5, 0.6) is 0 Å². The van der Waals surface area contributed by atoms with Gasteiger partial charge in [0.05, 0.1) is 30.2 Å². The molecule has 0 bridgehead atoms. The number of amides is 1. The second-order valence-electron chi connectivity index (χ2n) is 8.43. The molecule has 160 valence electrons. The Kier molecular flexibility index (Phi) is 5.75. The average Bonchev–Trinajstić information content (AvgIpc) is 3.41. The Bertz CT molecular complexity index is 944. The van der Waals surface area contributed by atoms with Gasteiger partial charge < -0.3 is 19.1 Å². The molecule has 2 aromatic rings. The lowest BCUT2D eigenvalue weighted by Gasteiger charge is -2.26. The monoisotopic (exact) mass is 412 g/mol. The standard InChI is InChI=1S/C23H28N2O5/c1-4-28-22(27)19-10-17(19)12-25(13-18-14-29-23(2,3)30-18)21(26)16-9-15-7-5-6-8-20(15)24-11-16/h5-9,11,17-19H,4,10,12-14H2,1-3H3/t17-,18-,19+/m1/s1. The number of nitrogens with zero attached hydrogens (tertiary/aromatic N) is 2. The zero-order chi connectivity index (χ0) is 21.3. The zero-order valence-electron chi connectivity index (χ0n) is 17.7. The summed E-state index contributed by atoms with van der Waals surface area (Å²) in [6, 6.07) is 9.57. The van der Waals surface area contributed by atoms with Crippen LogP contribution in [0.3, 0.4) is 0 Å². The van der Waals surface area contributed by atoms with Gasteiger partial charge in [-0.2, -0.15) is 0 Å². The van der Waals surface area contributed by atoms with Gasteiger partial charge in [0.15, 0.2) is 5.79 Å². The molecule has 30 heavy (non-hydrogen) atoms. The van der Waals surface area contributed by atoms with Gasteiger partial charge in [0.1, 0.15) is 6.10 Å². The van der Waals surface area contributed by atoms with Crippen molar-refractivity contribution in [3.8, 4) is 0 Å². The van der Waals surface area contributed by atoms with Gasteiger partial charge in [0.25, 0.3) is 5.91 Å². The van der Waals surface area contributed by atoms with Crippen molar-refractivity contribution in [1.82, 2.24) is 9.88 Å². The summed E-state index contributed by atoms with van der Waals surface area (Å²) in [4.78, 5) is 31.6. The molecule has 1 saturated heterocycles. The van der Waals surface area contributed by atoms with Gasteiger partial charge in [0, 0.05) is 24.7 Å². The third kappa shape index (κ3) is 4.63. The Hall–Kier alpha value is -2.51. The number of ether oxygens (including phenoxy) is 3. The number of hydrogen-bond donors (Lipinski definition) is 0. The first-order valence-corrected chi connectivity index (χ1v) is 10.5. The number of rotatable bonds is 7. The number of pyridine rings is 1. The van der Waals surface area contributed by atoms with E-state index < -0.39 is 5.79 Å². The molecule has 2 aliphatic rings. The molecule has 7 heteroatoms. The molecule has 1 amide bonds. The molecule has 1 aliphatic heterocycles. The van der Waals surface area contributed by atoms with Gasteiger partial charge in [-0.25, -0.2) is 0 Å². The van der Waals surface area contributed by atoms with Gasteiger partial charge in [-0.1, -0.05) is 18.2 Å². The molecule has 1 saturated carbocycles. The van der Waals surface area contributed by atoms with Gasteiger partial charge in [0.2, 0.25) is 0 Å². The Labute approximate surface area is 176 Å². The Balaban J connectivity index is 1.51. The maximum Gasteiger partial charge on any atom is 0.309 e. The van der Waals surface area contributed by atoms with Crippen LogP contribution in [-0.4, -0.2) is 60.0 Å². The first kappa shape index (κ1) is 20.8. The zero-order valence-corrected chi connectivity index (χ0v) is 17.7. The minimum absolute atomic E-state index is 0.108. The van der Waals surface area contributed by atoms with Crippen LogP contribution in [-0.2, 0) is 19.0 Å². The summed E-state index contributed by atoms with van der Waals surface area (Å²) in [5, 5.41) is 0.917. The maximum atomic E-state index is 13.4. The molecule has 1 aromatic carbocycles. The summed E-state index contributed by atoms with van der Waals surface area (Å²) in [6.07, 6.45) is 2.15. The van der Waals surface area contributed by atoms with Crippen molar-refractivity contribution >= 4 is 22.8 Å². The second-order valence-corrected chi connectivity index (χ2v) is 8.43. The third-order valence-corrected chi connectivity index (χ3v) is 5.58. The highest BCUT2D eigenvalue weighted by Crippen LogP contribution is 2.40. The van der Waals surface area contributed by atoms with Crippen LogP contribution in [0.1, 0.15) is 37.6 Å². The van der Waals surface area contributed by atoms with Crippen molar-refractivity contribution in [2.24, 2.45) is 11.8 Å². The van der Waals surface area contributed by atoms with Crippen LogP contribution in [0, 0.1) is 11.8 Å². The van der Waals surface area contributed by atoms with Crippen LogP contribution in [0.4, 0.5) is 0 Å². The van der Waals surface area contributed by atoms with E-state index in [0.29, 0.717) is 31.9 Å². The molecule has 1 aliphatic carbocycles. The molecule has 7 nitrogen and oxygen atoms in total. The van der Waals surface area contributed by atoms with Crippen molar-refractivity contribution in [3.05, 3.63) is 42.1 Å². The number of esters is 1. The molecule has 2 heterocycles. The minimum Gasteiger partial charge on any atom is -0.466 e. The summed E-state index contributed by atoms with van der Waals surface area (Å²) in [5.74, 6) is -0.972. The van der Waals surface area contributed by atoms with E-state index in [1.165, 1.54) is 0 Å². The predicted molar refractivity (Wildman–Crippen MR) is 111 cm³/mol. The van der Waals surface area contributed by atoms with Crippen molar-refractivity contribution < 1.29 is 23.8 Å². The number of hydrogen-bond acceptors (Lipinski definition) is 6. The Morgan fingerprint density at radius 3 is 2.80 bits per heavy atom. The van der Waals surface area contributed by atoms with E-state index in [1.807, 2.05) is 44.2 Å². The Morgan fingerprint density at radius 2 is 2.07 bits per heavy atom. The molecule has 0 N–H and O–H groups in total. The van der Waals surface area contributed by atoms with Gasteiger partial charge in [-0.05, 0) is 45.2 Å². The van der Waals surface area contributed by atoms with Crippen molar-refractivity contribution in [2.45, 2.75) is 39.1 Å². The fraction of sp³-hybridized carbons (Fsp3) is 0.522. The molecule has 2 fully saturated rings. The fourth-order valence-corrected chi connectivity index (χ4v) is 3.98. The first-order valence-electron chi connectivity index (χ1n) is 10.5. The highest BCUT2D eigenvalue weighted by Gasteiger charge is 2.46. The first-order chi connectivity index (χ1) is 14.4. The summed E-state index contributed by atoms with van der Waals surface area (Å²) in [5.41, 5.74) is 1.37. The number of aromatic nitrogens is 1. The van der Waals surface area contributed by atoms with Gasteiger partial charge in [-0.3, -0.25) is 14.6 Å². The van der Waals surface area contributed by atoms with Gasteiger partial charge >= 0.3 is 5.97 Å². The fourth-order valence-electron chi connectivity index (χ4n) is 3.98. The number of carbonyl (C=O) groups excluding carboxylic acids is 2. The van der Waals surface area contributed by atoms with E-state index in [0.717, 1.165) is 17.3 Å². The SMILES string of the molecule is CCOC(=O)[C@H]1C[C@@H]1CN(C[C@@H]1COC(C)(C)O1)C(=O)c1cnc2ccccc2c1. The number of para-hydroxylation sites is 1. The maximum absolute atomic E-state index is 13.4. The van der Waals surface area contributed by atoms with Crippen LogP contribution in [0.25, 0.3) is 10.9 Å². The largest absolute Gasteiger partial charge is 0.466 e. The lowest BCUT2D eigenvalue weighted by molar-refractivity contribution is -0.145. The van der Waals surface area contributed by atoms with Crippen molar-refractivity contribution in [3.63, 3.8) is 0 Å². The molecule has 4 rings (SSSR count). The number of carbonyl (C=O) groups is 2. The van der Waals surface area contributed by atoms with Crippen LogP contribution >= 0.6 is 0 Å². The van der Waals surface area contributed by atoms with Crippen LogP contribution in [0.15, 0.2) is 36.5 Å². The smallest absolute Gasteiger partial charge is 0.309 e. The van der Waals surface area contributed by atoms with Crippen LogP contribution < -0.4 is 0 Å². The molecule has 0 spiro atoms. The van der Waals surface area contributed by atoms with E-state index in [2.05, 4.69) is 4.98 Å². The third-order valence-electron chi connectivity index (χ3n) is 5.58. The molecular formula is C23H28N2O5. The summed E-state index contributed by atoms with van der Waals surface area (Å²) < 4.78 is 16.7. The second kappa shape index (κ2) is 8.32. The van der Waals surface area contributed by atoms with E-state index in [9.17, 15) is 9.59 Å². The lowest BCUT2D eigenvalue weighted by Crippen LogP contribution is -2.40.